The molecular weight excluding hydrogens is 436 g/mol. The van der Waals surface area contributed by atoms with E-state index >= 15 is 0 Å². The summed E-state index contributed by atoms with van der Waals surface area (Å²) in [5.41, 5.74) is -0.975. The van der Waals surface area contributed by atoms with Crippen LogP contribution in [0.2, 0.25) is 0 Å². The molecule has 2 N–H and O–H groups in total. The first-order valence-corrected chi connectivity index (χ1v) is 12.7. The maximum atomic E-state index is 11.7. The summed E-state index contributed by atoms with van der Waals surface area (Å²) in [6, 6.07) is -0.0257. The molecule has 4 aliphatic rings. The molecule has 0 spiro atoms. The fraction of sp³-hybridized carbons (Fsp3) is 0.846. The van der Waals surface area contributed by atoms with Crippen molar-refractivity contribution in [2.45, 2.75) is 103 Å². The van der Waals surface area contributed by atoms with Crippen molar-refractivity contribution in [3.8, 4) is 0 Å². The summed E-state index contributed by atoms with van der Waals surface area (Å²) in [5, 5.41) is 5.75. The van der Waals surface area contributed by atoms with Crippen molar-refractivity contribution >= 4 is 24.8 Å². The van der Waals surface area contributed by atoms with Gasteiger partial charge in [-0.1, -0.05) is 0 Å². The summed E-state index contributed by atoms with van der Waals surface area (Å²) in [6.45, 7) is 11.0. The highest BCUT2D eigenvalue weighted by Gasteiger charge is 2.49. The van der Waals surface area contributed by atoms with E-state index < -0.39 is 23.4 Å². The molecule has 8 heteroatoms. The minimum atomic E-state index is -0.488. The molecule has 4 bridgehead atoms. The third-order valence-electron chi connectivity index (χ3n) is 7.64. The van der Waals surface area contributed by atoms with Crippen LogP contribution < -0.4 is 10.6 Å². The lowest BCUT2D eigenvalue weighted by Gasteiger charge is -2.29. The van der Waals surface area contributed by atoms with E-state index in [-0.39, 0.29) is 23.9 Å². The fourth-order valence-corrected chi connectivity index (χ4v) is 6.38. The lowest BCUT2D eigenvalue weighted by molar-refractivity contribution is -0.113. The Morgan fingerprint density at radius 2 is 0.971 bits per heavy atom. The molecule has 8 nitrogen and oxygen atoms in total. The largest absolute Gasteiger partial charge is 0.444 e. The maximum absolute atomic E-state index is 11.7. The molecule has 2 amide bonds. The van der Waals surface area contributed by atoms with Gasteiger partial charge in [-0.25, -0.2) is 9.59 Å². The minimum Gasteiger partial charge on any atom is -0.444 e. The molecule has 0 aromatic heterocycles. The van der Waals surface area contributed by atoms with Crippen LogP contribution in [0.5, 0.6) is 0 Å². The molecule has 34 heavy (non-hydrogen) atoms. The van der Waals surface area contributed by atoms with E-state index in [1.165, 1.54) is 0 Å². The zero-order valence-electron chi connectivity index (χ0n) is 21.5. The normalized spacial score (nSPS) is 35.7. The molecule has 0 unspecified atom stereocenters. The Hall–Kier alpha value is -2.12. The first kappa shape index (κ1) is 26.5. The van der Waals surface area contributed by atoms with Crippen LogP contribution in [-0.2, 0) is 19.1 Å². The highest BCUT2D eigenvalue weighted by molar-refractivity contribution is 5.70. The summed E-state index contributed by atoms with van der Waals surface area (Å²) in [7, 11) is 0. The summed E-state index contributed by atoms with van der Waals surface area (Å²) >= 11 is 0. The Kier molecular flexibility index (Phi) is 7.98. The first-order valence-electron chi connectivity index (χ1n) is 12.7. The molecule has 4 fully saturated rings. The number of amides is 2. The number of aldehydes is 2. The molecule has 0 aromatic rings. The van der Waals surface area contributed by atoms with Crippen LogP contribution in [0.15, 0.2) is 0 Å². The van der Waals surface area contributed by atoms with Gasteiger partial charge in [0.25, 0.3) is 0 Å². The van der Waals surface area contributed by atoms with Crippen molar-refractivity contribution in [2.75, 3.05) is 0 Å². The highest BCUT2D eigenvalue weighted by atomic mass is 16.6. The summed E-state index contributed by atoms with van der Waals surface area (Å²) < 4.78 is 10.5. The van der Waals surface area contributed by atoms with Crippen molar-refractivity contribution in [1.82, 2.24) is 10.6 Å². The van der Waals surface area contributed by atoms with E-state index in [0.29, 0.717) is 23.7 Å². The van der Waals surface area contributed by atoms with Crippen LogP contribution in [0, 0.1) is 35.5 Å². The number of ether oxygens (including phenoxy) is 2. The van der Waals surface area contributed by atoms with Gasteiger partial charge in [0, 0.05) is 23.9 Å². The lowest BCUT2D eigenvalue weighted by atomic mass is 9.85. The zero-order chi connectivity index (χ0) is 25.3. The second-order valence-corrected chi connectivity index (χ2v) is 12.4. The van der Waals surface area contributed by atoms with Crippen LogP contribution in [0.4, 0.5) is 9.59 Å². The monoisotopic (exact) mass is 478 g/mol. The number of carbonyl (C=O) groups excluding carboxylic acids is 4. The van der Waals surface area contributed by atoms with E-state index in [0.717, 1.165) is 51.1 Å². The molecule has 192 valence electrons. The van der Waals surface area contributed by atoms with Gasteiger partial charge >= 0.3 is 12.2 Å². The molecule has 4 aliphatic carbocycles. The van der Waals surface area contributed by atoms with Crippen LogP contribution in [-0.4, -0.2) is 48.0 Å². The van der Waals surface area contributed by atoms with Gasteiger partial charge in [0.05, 0.1) is 0 Å². The molecule has 0 aliphatic heterocycles. The van der Waals surface area contributed by atoms with Gasteiger partial charge in [-0.3, -0.25) is 0 Å². The molecule has 0 saturated heterocycles. The Morgan fingerprint density at radius 3 is 1.26 bits per heavy atom. The number of hydrogen-bond acceptors (Lipinski definition) is 6. The maximum Gasteiger partial charge on any atom is 0.407 e. The van der Waals surface area contributed by atoms with Crippen molar-refractivity contribution in [2.24, 2.45) is 35.5 Å². The second kappa shape index (κ2) is 10.2. The molecule has 4 saturated carbocycles. The molecule has 4 rings (SSSR count). The average Bonchev–Trinajstić information content (AvgIpc) is 3.46. The molecule has 0 aromatic carbocycles. The van der Waals surface area contributed by atoms with Crippen LogP contribution in [0.1, 0.15) is 80.1 Å². The van der Waals surface area contributed by atoms with Crippen LogP contribution in [0.25, 0.3) is 0 Å². The van der Waals surface area contributed by atoms with Gasteiger partial charge in [-0.05, 0) is 104 Å². The molecule has 0 radical (unpaired) electrons. The second-order valence-electron chi connectivity index (χ2n) is 12.4. The Labute approximate surface area is 203 Å². The average molecular weight is 479 g/mol. The van der Waals surface area contributed by atoms with E-state index in [1.807, 2.05) is 41.5 Å². The molecule has 0 heterocycles. The number of alkyl carbamates (subject to hydrolysis) is 2. The van der Waals surface area contributed by atoms with Gasteiger partial charge in [0.1, 0.15) is 23.8 Å². The van der Waals surface area contributed by atoms with Crippen molar-refractivity contribution < 1.29 is 28.7 Å². The summed E-state index contributed by atoms with van der Waals surface area (Å²) in [5.74, 6) is 1.84. The zero-order valence-corrected chi connectivity index (χ0v) is 21.5. The quantitative estimate of drug-likeness (QED) is 0.585. The van der Waals surface area contributed by atoms with Crippen molar-refractivity contribution in [3.05, 3.63) is 0 Å². The molecule has 8 atom stereocenters. The van der Waals surface area contributed by atoms with Crippen LogP contribution in [0.3, 0.4) is 0 Å². The van der Waals surface area contributed by atoms with Gasteiger partial charge in [0.15, 0.2) is 0 Å². The topological polar surface area (TPSA) is 111 Å². The van der Waals surface area contributed by atoms with E-state index in [1.54, 1.807) is 0 Å². The predicted molar refractivity (Wildman–Crippen MR) is 127 cm³/mol. The number of carbonyl (C=O) groups is 4. The lowest BCUT2D eigenvalue weighted by Crippen LogP contribution is -2.46. The fourth-order valence-electron chi connectivity index (χ4n) is 6.38. The minimum absolute atomic E-state index is 0.0127. The van der Waals surface area contributed by atoms with Crippen molar-refractivity contribution in [1.29, 1.82) is 0 Å². The third-order valence-corrected chi connectivity index (χ3v) is 7.64. The Bertz CT molecular complexity index is 706. The van der Waals surface area contributed by atoms with E-state index in [2.05, 4.69) is 10.6 Å². The van der Waals surface area contributed by atoms with Gasteiger partial charge in [-0.15, -0.1) is 0 Å². The molecular formula is C26H42N2O6. The van der Waals surface area contributed by atoms with Gasteiger partial charge in [0.2, 0.25) is 0 Å². The predicted octanol–water partition coefficient (Wildman–Crippen LogP) is 4.25. The first-order chi connectivity index (χ1) is 15.8. The van der Waals surface area contributed by atoms with Gasteiger partial charge < -0.3 is 29.7 Å². The number of fused-ring (bicyclic) bond motifs is 4. The summed E-state index contributed by atoms with van der Waals surface area (Å²) in [4.78, 5) is 45.6. The van der Waals surface area contributed by atoms with Gasteiger partial charge in [-0.2, -0.15) is 0 Å². The van der Waals surface area contributed by atoms with E-state index in [4.69, 9.17) is 9.47 Å². The van der Waals surface area contributed by atoms with Crippen molar-refractivity contribution in [3.63, 3.8) is 0 Å². The number of nitrogens with one attached hydrogen (secondary N) is 2. The SMILES string of the molecule is CC(C)(C)OC(=O)N[C@@H]1[C@H]2CC[C@H](C2)[C@@H]1C=O.CC(C)(C)OC(=O)N[C@H]1[C@@H]2CC[C@@H](C2)[C@H]1C=O. The third kappa shape index (κ3) is 6.51. The smallest absolute Gasteiger partial charge is 0.407 e. The highest BCUT2D eigenvalue weighted by Crippen LogP contribution is 2.48. The number of hydrogen-bond donors (Lipinski definition) is 2. The standard InChI is InChI=1S/2C13H21NO3/c2*1-13(2,3)17-12(16)14-11-9-5-4-8(6-9)10(11)7-15/h2*7-11H,4-6H2,1-3H3,(H,14,16)/t2*8-,9+,10+,11-/m10/s1. The Balaban J connectivity index is 0.000000191. The van der Waals surface area contributed by atoms with E-state index in [9.17, 15) is 19.2 Å². The Morgan fingerprint density at radius 1 is 0.647 bits per heavy atom. The van der Waals surface area contributed by atoms with Crippen LogP contribution >= 0.6 is 0 Å². The summed E-state index contributed by atoms with van der Waals surface area (Å²) in [6.07, 6.45) is 7.85. The number of rotatable bonds is 4.